The lowest BCUT2D eigenvalue weighted by atomic mass is 9.96. The maximum absolute atomic E-state index is 13.4. The lowest BCUT2D eigenvalue weighted by Crippen LogP contribution is -2.57. The molecule has 0 N–H and O–H groups in total. The molecule has 0 aromatic heterocycles. The minimum Gasteiger partial charge on any atom is -0.358 e. The average molecular weight is 449 g/mol. The van der Waals surface area contributed by atoms with Crippen LogP contribution in [0.3, 0.4) is 0 Å². The number of benzene rings is 1. The molecule has 2 fully saturated rings. The van der Waals surface area contributed by atoms with Gasteiger partial charge in [-0.3, -0.25) is 14.5 Å². The Labute approximate surface area is 184 Å². The van der Waals surface area contributed by atoms with E-state index in [1.807, 2.05) is 4.90 Å². The number of hydrogen-bond acceptors (Lipinski definition) is 5. The van der Waals surface area contributed by atoms with Crippen molar-refractivity contribution in [2.45, 2.75) is 50.0 Å². The van der Waals surface area contributed by atoms with Crippen molar-refractivity contribution in [2.24, 2.45) is 5.92 Å². The van der Waals surface area contributed by atoms with E-state index in [0.717, 1.165) is 48.6 Å². The van der Waals surface area contributed by atoms with Crippen molar-refractivity contribution in [1.82, 2.24) is 9.21 Å². The van der Waals surface area contributed by atoms with Gasteiger partial charge < -0.3 is 9.80 Å². The zero-order chi connectivity index (χ0) is 22.3. The van der Waals surface area contributed by atoms with Gasteiger partial charge in [0.25, 0.3) is 0 Å². The van der Waals surface area contributed by atoms with Gasteiger partial charge in [0.15, 0.2) is 0 Å². The molecule has 1 aromatic rings. The van der Waals surface area contributed by atoms with Crippen LogP contribution in [0.15, 0.2) is 23.1 Å². The van der Waals surface area contributed by atoms with E-state index in [9.17, 15) is 18.0 Å². The van der Waals surface area contributed by atoms with Gasteiger partial charge in [-0.1, -0.05) is 6.92 Å². The highest BCUT2D eigenvalue weighted by molar-refractivity contribution is 7.89. The lowest BCUT2D eigenvalue weighted by Gasteiger charge is -2.45. The van der Waals surface area contributed by atoms with Crippen LogP contribution in [0.5, 0.6) is 0 Å². The number of piperidine rings is 2. The van der Waals surface area contributed by atoms with Crippen molar-refractivity contribution in [2.75, 3.05) is 50.1 Å². The molecule has 9 heteroatoms. The first kappa shape index (κ1) is 22.1. The van der Waals surface area contributed by atoms with Crippen molar-refractivity contribution in [3.05, 3.63) is 18.2 Å². The van der Waals surface area contributed by atoms with E-state index < -0.39 is 10.0 Å². The third kappa shape index (κ3) is 4.05. The van der Waals surface area contributed by atoms with E-state index in [0.29, 0.717) is 24.7 Å². The molecule has 8 nitrogen and oxygen atoms in total. The molecule has 2 saturated heterocycles. The quantitative estimate of drug-likeness (QED) is 0.703. The summed E-state index contributed by atoms with van der Waals surface area (Å²) >= 11 is 0. The summed E-state index contributed by atoms with van der Waals surface area (Å²) in [6.07, 6.45) is 4.66. The van der Waals surface area contributed by atoms with Crippen LogP contribution in [0.1, 0.15) is 39.0 Å². The fourth-order valence-corrected chi connectivity index (χ4v) is 5.69. The number of likely N-dealkylation sites (tertiary alicyclic amines) is 1. The number of rotatable bonds is 4. The second-order valence-electron chi connectivity index (χ2n) is 9.13. The van der Waals surface area contributed by atoms with E-state index in [2.05, 4.69) is 11.8 Å². The molecule has 1 unspecified atom stereocenters. The minimum atomic E-state index is -3.65. The highest BCUT2D eigenvalue weighted by Gasteiger charge is 2.41. The minimum absolute atomic E-state index is 0.0456. The van der Waals surface area contributed by atoms with Gasteiger partial charge in [0.2, 0.25) is 21.8 Å². The van der Waals surface area contributed by atoms with E-state index >= 15 is 0 Å². The molecule has 4 rings (SSSR count). The zero-order valence-corrected chi connectivity index (χ0v) is 19.4. The Hall–Kier alpha value is -2.13. The van der Waals surface area contributed by atoms with Crippen LogP contribution < -0.4 is 9.80 Å². The first-order chi connectivity index (χ1) is 14.7. The number of fused-ring (bicyclic) bond motifs is 3. The number of carbonyl (C=O) groups is 2. The first-order valence-corrected chi connectivity index (χ1v) is 12.6. The van der Waals surface area contributed by atoms with Crippen LogP contribution in [-0.2, 0) is 19.6 Å². The molecular weight excluding hydrogens is 416 g/mol. The normalized spacial score (nSPS) is 22.5. The topological polar surface area (TPSA) is 81.2 Å². The van der Waals surface area contributed by atoms with E-state index in [4.69, 9.17) is 0 Å². The molecule has 2 amide bonds. The summed E-state index contributed by atoms with van der Waals surface area (Å²) in [7, 11) is -0.683. The molecule has 31 heavy (non-hydrogen) atoms. The van der Waals surface area contributed by atoms with Gasteiger partial charge in [-0.15, -0.1) is 0 Å². The zero-order valence-electron chi connectivity index (χ0n) is 18.6. The Morgan fingerprint density at radius 3 is 2.45 bits per heavy atom. The van der Waals surface area contributed by atoms with Gasteiger partial charge in [0.05, 0.1) is 16.3 Å². The molecule has 3 heterocycles. The molecule has 1 atom stereocenters. The molecule has 0 aliphatic carbocycles. The van der Waals surface area contributed by atoms with E-state index in [1.165, 1.54) is 19.0 Å². The summed E-state index contributed by atoms with van der Waals surface area (Å²) in [4.78, 5) is 32.1. The highest BCUT2D eigenvalue weighted by Crippen LogP contribution is 2.41. The monoisotopic (exact) mass is 448 g/mol. The smallest absolute Gasteiger partial charge is 0.250 e. The summed E-state index contributed by atoms with van der Waals surface area (Å²) in [5.41, 5.74) is 1.35. The van der Waals surface area contributed by atoms with Gasteiger partial charge >= 0.3 is 0 Å². The van der Waals surface area contributed by atoms with Crippen LogP contribution in [0.25, 0.3) is 0 Å². The number of hydrogen-bond donors (Lipinski definition) is 0. The fourth-order valence-electron chi connectivity index (χ4n) is 4.77. The molecule has 0 bridgehead atoms. The Morgan fingerprint density at radius 1 is 1.06 bits per heavy atom. The Balaban J connectivity index is 1.70. The Bertz CT molecular complexity index is 970. The molecular formula is C22H32N4O4S. The summed E-state index contributed by atoms with van der Waals surface area (Å²) in [5, 5.41) is 0. The maximum Gasteiger partial charge on any atom is 0.250 e. The summed E-state index contributed by atoms with van der Waals surface area (Å²) in [5.74, 6) is 0.428. The predicted octanol–water partition coefficient (Wildman–Crippen LogP) is 1.90. The van der Waals surface area contributed by atoms with Crippen molar-refractivity contribution in [3.63, 3.8) is 0 Å². The van der Waals surface area contributed by atoms with E-state index in [-0.39, 0.29) is 29.3 Å². The molecule has 1 aromatic carbocycles. The molecule has 0 saturated carbocycles. The van der Waals surface area contributed by atoms with Crippen molar-refractivity contribution < 1.29 is 18.0 Å². The van der Waals surface area contributed by atoms with Crippen molar-refractivity contribution in [1.29, 1.82) is 0 Å². The van der Waals surface area contributed by atoms with Crippen LogP contribution in [0.2, 0.25) is 0 Å². The van der Waals surface area contributed by atoms with Crippen LogP contribution in [0.4, 0.5) is 11.4 Å². The molecule has 3 aliphatic heterocycles. The van der Waals surface area contributed by atoms with Gasteiger partial charge in [-0.25, -0.2) is 12.7 Å². The van der Waals surface area contributed by atoms with Crippen LogP contribution in [-0.4, -0.2) is 75.8 Å². The number of nitrogens with zero attached hydrogens (tertiary/aromatic N) is 4. The summed E-state index contributed by atoms with van der Waals surface area (Å²) in [6.45, 7) is 4.32. The number of amides is 2. The van der Waals surface area contributed by atoms with Crippen LogP contribution in [0, 0.1) is 5.92 Å². The predicted molar refractivity (Wildman–Crippen MR) is 120 cm³/mol. The summed E-state index contributed by atoms with van der Waals surface area (Å²) < 4.78 is 26.6. The standard InChI is InChI=1S/C22H32N4O4S/c1-16-9-12-24(13-10-16)21(27)15-26-20-14-17(31(29,30)23(2)3)7-8-18(20)25-11-5-4-6-19(25)22(26)28/h7-8,14,16,19H,4-6,9-13,15H2,1-3H3. The lowest BCUT2D eigenvalue weighted by molar-refractivity contribution is -0.133. The fraction of sp³-hybridized carbons (Fsp3) is 0.636. The molecule has 170 valence electrons. The third-order valence-electron chi connectivity index (χ3n) is 6.81. The van der Waals surface area contributed by atoms with E-state index in [1.54, 1.807) is 18.2 Å². The molecule has 3 aliphatic rings. The van der Waals surface area contributed by atoms with Gasteiger partial charge in [0.1, 0.15) is 12.6 Å². The highest BCUT2D eigenvalue weighted by atomic mass is 32.2. The third-order valence-corrected chi connectivity index (χ3v) is 8.62. The number of sulfonamides is 1. The first-order valence-electron chi connectivity index (χ1n) is 11.1. The number of carbonyl (C=O) groups excluding carboxylic acids is 2. The van der Waals surface area contributed by atoms with Crippen molar-refractivity contribution in [3.8, 4) is 0 Å². The Kier molecular flexibility index (Phi) is 6.00. The summed E-state index contributed by atoms with van der Waals surface area (Å²) in [6, 6.07) is 4.66. The molecule has 0 radical (unpaired) electrons. The largest absolute Gasteiger partial charge is 0.358 e. The van der Waals surface area contributed by atoms with Crippen LogP contribution >= 0.6 is 0 Å². The van der Waals surface area contributed by atoms with Gasteiger partial charge in [-0.2, -0.15) is 0 Å². The maximum atomic E-state index is 13.4. The number of anilines is 2. The van der Waals surface area contributed by atoms with Crippen molar-refractivity contribution >= 4 is 33.2 Å². The second-order valence-corrected chi connectivity index (χ2v) is 11.3. The van der Waals surface area contributed by atoms with Gasteiger partial charge in [-0.05, 0) is 56.2 Å². The van der Waals surface area contributed by atoms with Gasteiger partial charge in [0, 0.05) is 33.7 Å². The molecule has 0 spiro atoms. The SMILES string of the molecule is CC1CCN(C(=O)CN2C(=O)C3CCCCN3c3ccc(S(=O)(=O)N(C)C)cc32)CC1. The Morgan fingerprint density at radius 2 is 1.77 bits per heavy atom. The average Bonchev–Trinajstić information content (AvgIpc) is 2.76. The second kappa shape index (κ2) is 8.43.